The number of amides is 2. The van der Waals surface area contributed by atoms with Gasteiger partial charge in [0.2, 0.25) is 0 Å². The summed E-state index contributed by atoms with van der Waals surface area (Å²) in [6.07, 6.45) is 2.05. The third kappa shape index (κ3) is 4.18. The van der Waals surface area contributed by atoms with E-state index in [1.807, 2.05) is 32.0 Å². The fourth-order valence-electron chi connectivity index (χ4n) is 3.15. The Bertz CT molecular complexity index is 1100. The van der Waals surface area contributed by atoms with Crippen molar-refractivity contribution >= 4 is 17.5 Å². The number of nitrogens with one attached hydrogen (secondary N) is 2. The van der Waals surface area contributed by atoms with Crippen LogP contribution in [0.1, 0.15) is 50.5 Å². The van der Waals surface area contributed by atoms with Gasteiger partial charge in [0, 0.05) is 17.3 Å². The van der Waals surface area contributed by atoms with Gasteiger partial charge in [0.25, 0.3) is 11.8 Å². The smallest absolute Gasteiger partial charge is 0.278 e. The second kappa shape index (κ2) is 7.50. The Kier molecular flexibility index (Phi) is 4.88. The zero-order valence-corrected chi connectivity index (χ0v) is 16.7. The largest absolute Gasteiger partial charge is 0.349 e. The molecule has 1 aliphatic rings. The van der Waals surface area contributed by atoms with Gasteiger partial charge in [-0.2, -0.15) is 9.90 Å². The minimum Gasteiger partial charge on any atom is -0.349 e. The number of aryl methyl sites for hydroxylation is 3. The highest BCUT2D eigenvalue weighted by Gasteiger charge is 2.24. The van der Waals surface area contributed by atoms with Crippen molar-refractivity contribution in [1.29, 1.82) is 0 Å². The van der Waals surface area contributed by atoms with E-state index in [1.165, 1.54) is 4.80 Å². The van der Waals surface area contributed by atoms with Crippen molar-refractivity contribution in [2.24, 2.45) is 0 Å². The van der Waals surface area contributed by atoms with Gasteiger partial charge in [-0.05, 0) is 63.4 Å². The molecular weight excluding hydrogens is 366 g/mol. The van der Waals surface area contributed by atoms with Gasteiger partial charge in [-0.1, -0.05) is 23.8 Å². The zero-order chi connectivity index (χ0) is 20.5. The molecule has 2 aromatic carbocycles. The van der Waals surface area contributed by atoms with Gasteiger partial charge in [-0.25, -0.2) is 0 Å². The van der Waals surface area contributed by atoms with Crippen molar-refractivity contribution in [3.05, 3.63) is 70.5 Å². The quantitative estimate of drug-likeness (QED) is 0.700. The second-order valence-corrected chi connectivity index (χ2v) is 7.50. The fourth-order valence-corrected chi connectivity index (χ4v) is 3.15. The number of carbonyl (C=O) groups is 2. The summed E-state index contributed by atoms with van der Waals surface area (Å²) in [5.74, 6) is -0.487. The van der Waals surface area contributed by atoms with Crippen molar-refractivity contribution in [3.63, 3.8) is 0 Å². The molecule has 0 saturated heterocycles. The number of nitrogens with zero attached hydrogens (tertiary/aromatic N) is 3. The standard InChI is InChI=1S/C22H23N5O2/c1-13-7-10-19(14(2)11-13)27-25-15(3)20(26-27)22(29)24-18-6-4-5-16(12-18)21(28)23-17-8-9-17/h4-7,10-12,17H,8-9H2,1-3H3,(H,23,28)(H,24,29). The first-order valence-corrected chi connectivity index (χ1v) is 9.64. The summed E-state index contributed by atoms with van der Waals surface area (Å²) in [5.41, 5.74) is 4.85. The summed E-state index contributed by atoms with van der Waals surface area (Å²) in [5, 5.41) is 14.5. The molecule has 7 nitrogen and oxygen atoms in total. The summed E-state index contributed by atoms with van der Waals surface area (Å²) in [4.78, 5) is 26.5. The summed E-state index contributed by atoms with van der Waals surface area (Å²) in [7, 11) is 0. The first-order chi connectivity index (χ1) is 13.9. The Hall–Kier alpha value is -3.48. The van der Waals surface area contributed by atoms with Crippen molar-refractivity contribution in [2.75, 3.05) is 5.32 Å². The minimum absolute atomic E-state index is 0.124. The van der Waals surface area contributed by atoms with Crippen LogP contribution in [0.4, 0.5) is 5.69 Å². The molecule has 4 rings (SSSR count). The normalized spacial score (nSPS) is 13.2. The molecule has 1 saturated carbocycles. The van der Waals surface area contributed by atoms with Crippen LogP contribution in [0.25, 0.3) is 5.69 Å². The number of hydrogen-bond acceptors (Lipinski definition) is 4. The van der Waals surface area contributed by atoms with Gasteiger partial charge >= 0.3 is 0 Å². The molecule has 0 spiro atoms. The van der Waals surface area contributed by atoms with E-state index in [9.17, 15) is 9.59 Å². The first-order valence-electron chi connectivity index (χ1n) is 9.64. The second-order valence-electron chi connectivity index (χ2n) is 7.50. The average molecular weight is 389 g/mol. The van der Waals surface area contributed by atoms with Crippen LogP contribution >= 0.6 is 0 Å². The van der Waals surface area contributed by atoms with Crippen molar-refractivity contribution in [2.45, 2.75) is 39.7 Å². The third-order valence-corrected chi connectivity index (χ3v) is 4.86. The van der Waals surface area contributed by atoms with Crippen LogP contribution in [0.3, 0.4) is 0 Å². The SMILES string of the molecule is Cc1ccc(-n2nc(C)c(C(=O)Nc3cccc(C(=O)NC4CC4)c3)n2)c(C)c1. The fraction of sp³-hybridized carbons (Fsp3) is 0.273. The van der Waals surface area contributed by atoms with E-state index in [0.29, 0.717) is 16.9 Å². The molecule has 1 aromatic heterocycles. The molecule has 0 atom stereocenters. The highest BCUT2D eigenvalue weighted by molar-refractivity contribution is 6.04. The van der Waals surface area contributed by atoms with Gasteiger partial charge in [0.15, 0.2) is 5.69 Å². The van der Waals surface area contributed by atoms with Gasteiger partial charge in [0.05, 0.1) is 11.4 Å². The van der Waals surface area contributed by atoms with Crippen LogP contribution in [-0.4, -0.2) is 32.9 Å². The Balaban J connectivity index is 1.53. The molecule has 0 radical (unpaired) electrons. The summed E-state index contributed by atoms with van der Waals surface area (Å²) in [6.45, 7) is 5.76. The molecule has 0 bridgehead atoms. The van der Waals surface area contributed by atoms with Crippen molar-refractivity contribution in [1.82, 2.24) is 20.3 Å². The monoisotopic (exact) mass is 389 g/mol. The Morgan fingerprint density at radius 1 is 1.00 bits per heavy atom. The topological polar surface area (TPSA) is 88.9 Å². The van der Waals surface area contributed by atoms with E-state index in [1.54, 1.807) is 31.2 Å². The van der Waals surface area contributed by atoms with Crippen LogP contribution in [0.2, 0.25) is 0 Å². The predicted octanol–water partition coefficient (Wildman–Crippen LogP) is 3.34. The number of benzene rings is 2. The lowest BCUT2D eigenvalue weighted by Crippen LogP contribution is -2.25. The number of rotatable bonds is 5. The van der Waals surface area contributed by atoms with Crippen LogP contribution in [0.5, 0.6) is 0 Å². The van der Waals surface area contributed by atoms with Crippen molar-refractivity contribution < 1.29 is 9.59 Å². The summed E-state index contributed by atoms with van der Waals surface area (Å²) >= 11 is 0. The maximum Gasteiger partial charge on any atom is 0.278 e. The highest BCUT2D eigenvalue weighted by Crippen LogP contribution is 2.20. The molecular formula is C22H23N5O2. The van der Waals surface area contributed by atoms with Crippen LogP contribution in [-0.2, 0) is 0 Å². The van der Waals surface area contributed by atoms with Crippen LogP contribution in [0.15, 0.2) is 42.5 Å². The lowest BCUT2D eigenvalue weighted by molar-refractivity contribution is 0.0949. The van der Waals surface area contributed by atoms with Gasteiger partial charge in [-0.15, -0.1) is 5.10 Å². The van der Waals surface area contributed by atoms with E-state index in [4.69, 9.17) is 0 Å². The molecule has 148 valence electrons. The van der Waals surface area contributed by atoms with Crippen LogP contribution in [0, 0.1) is 20.8 Å². The predicted molar refractivity (Wildman–Crippen MR) is 110 cm³/mol. The molecule has 1 heterocycles. The lowest BCUT2D eigenvalue weighted by atomic mass is 10.1. The maximum absolute atomic E-state index is 12.8. The number of carbonyl (C=O) groups excluding carboxylic acids is 2. The molecule has 29 heavy (non-hydrogen) atoms. The Labute approximate surface area is 169 Å². The average Bonchev–Trinajstić information content (AvgIpc) is 3.41. The summed E-state index contributed by atoms with van der Waals surface area (Å²) < 4.78 is 0. The third-order valence-electron chi connectivity index (χ3n) is 4.86. The lowest BCUT2D eigenvalue weighted by Gasteiger charge is -2.07. The number of aromatic nitrogens is 3. The molecule has 1 fully saturated rings. The number of anilines is 1. The molecule has 1 aliphatic carbocycles. The molecule has 0 aliphatic heterocycles. The van der Waals surface area contributed by atoms with E-state index in [2.05, 4.69) is 20.8 Å². The summed E-state index contributed by atoms with van der Waals surface area (Å²) in [6, 6.07) is 13.1. The molecule has 0 unspecified atom stereocenters. The molecule has 7 heteroatoms. The van der Waals surface area contributed by atoms with Gasteiger partial charge < -0.3 is 10.6 Å². The zero-order valence-electron chi connectivity index (χ0n) is 16.7. The van der Waals surface area contributed by atoms with Gasteiger partial charge in [0.1, 0.15) is 0 Å². The molecule has 2 N–H and O–H groups in total. The minimum atomic E-state index is -0.363. The highest BCUT2D eigenvalue weighted by atomic mass is 16.2. The van der Waals surface area contributed by atoms with E-state index in [-0.39, 0.29) is 23.6 Å². The Morgan fingerprint density at radius 3 is 2.52 bits per heavy atom. The first kappa shape index (κ1) is 18.9. The van der Waals surface area contributed by atoms with E-state index in [0.717, 1.165) is 29.7 Å². The molecule has 2 amide bonds. The number of hydrogen-bond donors (Lipinski definition) is 2. The van der Waals surface area contributed by atoms with E-state index < -0.39 is 0 Å². The van der Waals surface area contributed by atoms with Crippen LogP contribution < -0.4 is 10.6 Å². The molecule has 3 aromatic rings. The van der Waals surface area contributed by atoms with E-state index >= 15 is 0 Å². The Morgan fingerprint density at radius 2 is 1.79 bits per heavy atom. The van der Waals surface area contributed by atoms with Gasteiger partial charge in [-0.3, -0.25) is 9.59 Å². The van der Waals surface area contributed by atoms with Crippen molar-refractivity contribution in [3.8, 4) is 5.69 Å². The maximum atomic E-state index is 12.8.